The van der Waals surface area contributed by atoms with Crippen molar-refractivity contribution >= 4 is 25.1 Å². The van der Waals surface area contributed by atoms with Gasteiger partial charge in [-0.15, -0.1) is 0 Å². The highest BCUT2D eigenvalue weighted by Gasteiger charge is 2.58. The molecule has 2 aliphatic carbocycles. The van der Waals surface area contributed by atoms with Crippen molar-refractivity contribution in [2.24, 2.45) is 0 Å². The summed E-state index contributed by atoms with van der Waals surface area (Å²) in [7, 11) is -4.31. The Kier molecular flexibility index (Phi) is 7.89. The number of hydrogen-bond donors (Lipinski definition) is 4. The SMILES string of the molecule is C[C@H](NP(=O)(OC[C@H]1O[C@@](C#N)(c2ccc3c(N)ncnn23)[C@H](O)[C@@H]1O)Oc1ccc(C2CC2)cc1)C(=O)OC1CCC1. The van der Waals surface area contributed by atoms with Crippen LogP contribution in [0.3, 0.4) is 0 Å². The number of fused-ring (bicyclic) bond motifs is 1. The summed E-state index contributed by atoms with van der Waals surface area (Å²) in [4.78, 5) is 16.6. The molecule has 3 fully saturated rings. The summed E-state index contributed by atoms with van der Waals surface area (Å²) in [6.07, 6.45) is 1.05. The molecule has 43 heavy (non-hydrogen) atoms. The van der Waals surface area contributed by atoms with Crippen LogP contribution in [0.5, 0.6) is 5.75 Å². The smallest absolute Gasteiger partial charge is 0.459 e. The Hall–Kier alpha value is -3.57. The molecule has 1 saturated heterocycles. The maximum absolute atomic E-state index is 14.1. The maximum atomic E-state index is 14.1. The molecule has 1 aliphatic heterocycles. The molecule has 14 nitrogen and oxygen atoms in total. The fraction of sp³-hybridized carbons (Fsp3) is 0.500. The Morgan fingerprint density at radius 3 is 2.65 bits per heavy atom. The molecule has 1 aromatic carbocycles. The number of carbonyl (C=O) groups excluding carboxylic acids is 1. The first-order chi connectivity index (χ1) is 20.6. The predicted molar refractivity (Wildman–Crippen MR) is 151 cm³/mol. The fourth-order valence-electron chi connectivity index (χ4n) is 5.21. The lowest BCUT2D eigenvalue weighted by molar-refractivity contribution is -0.154. The third kappa shape index (κ3) is 5.72. The molecule has 2 saturated carbocycles. The Labute approximate surface area is 247 Å². The monoisotopic (exact) mass is 612 g/mol. The Morgan fingerprint density at radius 1 is 1.26 bits per heavy atom. The van der Waals surface area contributed by atoms with Crippen LogP contribution in [0.1, 0.15) is 56.2 Å². The van der Waals surface area contributed by atoms with Crippen molar-refractivity contribution in [3.8, 4) is 11.8 Å². The third-order valence-electron chi connectivity index (χ3n) is 8.09. The summed E-state index contributed by atoms with van der Waals surface area (Å²) in [6, 6.07) is 11.0. The Balaban J connectivity index is 1.21. The van der Waals surface area contributed by atoms with Gasteiger partial charge < -0.3 is 29.9 Å². The van der Waals surface area contributed by atoms with Gasteiger partial charge in [-0.25, -0.2) is 14.1 Å². The van der Waals surface area contributed by atoms with Crippen LogP contribution >= 0.6 is 7.75 Å². The number of aliphatic hydroxyl groups excluding tert-OH is 2. The van der Waals surface area contributed by atoms with Crippen molar-refractivity contribution < 1.29 is 38.1 Å². The van der Waals surface area contributed by atoms with Gasteiger partial charge in [-0.05, 0) is 74.8 Å². The molecule has 0 radical (unpaired) electrons. The second-order valence-electron chi connectivity index (χ2n) is 11.2. The number of nitrogens with two attached hydrogens (primary N) is 1. The number of carbonyl (C=O) groups is 1. The first-order valence-corrected chi connectivity index (χ1v) is 15.7. The predicted octanol–water partition coefficient (Wildman–Crippen LogP) is 2.31. The lowest BCUT2D eigenvalue weighted by atomic mass is 9.92. The van der Waals surface area contributed by atoms with Gasteiger partial charge in [0.05, 0.1) is 12.3 Å². The molecule has 3 heterocycles. The summed E-state index contributed by atoms with van der Waals surface area (Å²) in [5.41, 5.74) is 5.46. The molecule has 0 amide bonds. The van der Waals surface area contributed by atoms with Crippen LogP contribution in [0.2, 0.25) is 0 Å². The van der Waals surface area contributed by atoms with Gasteiger partial charge in [0, 0.05) is 0 Å². The first kappa shape index (κ1) is 29.5. The lowest BCUT2D eigenvalue weighted by Gasteiger charge is -2.28. The minimum Gasteiger partial charge on any atom is -0.461 e. The summed E-state index contributed by atoms with van der Waals surface area (Å²) < 4.78 is 38.2. The minimum absolute atomic E-state index is 0.105. The summed E-state index contributed by atoms with van der Waals surface area (Å²) in [5, 5.41) is 38.9. The van der Waals surface area contributed by atoms with E-state index < -0.39 is 50.3 Å². The number of aliphatic hydroxyl groups is 2. The molecule has 1 unspecified atom stereocenters. The van der Waals surface area contributed by atoms with Crippen molar-refractivity contribution in [2.75, 3.05) is 12.3 Å². The average Bonchev–Trinajstić information content (AvgIpc) is 3.68. The summed E-state index contributed by atoms with van der Waals surface area (Å²) in [5.74, 6) is 0.265. The molecule has 3 aliphatic rings. The number of benzene rings is 1. The molecular formula is C28H33N6O8P. The van der Waals surface area contributed by atoms with Gasteiger partial charge in [0.1, 0.15) is 54.1 Å². The third-order valence-corrected chi connectivity index (χ3v) is 9.73. The highest BCUT2D eigenvalue weighted by atomic mass is 31.2. The molecule has 228 valence electrons. The van der Waals surface area contributed by atoms with E-state index in [1.54, 1.807) is 18.2 Å². The van der Waals surface area contributed by atoms with Crippen molar-refractivity contribution in [1.82, 2.24) is 19.7 Å². The van der Waals surface area contributed by atoms with Gasteiger partial charge in [0.25, 0.3) is 0 Å². The standard InChI is InChI=1S/C28H33N6O8P/c1-16(27(37)40-19-3-2-4-19)33-43(38,42-20-9-7-18(8-10-20)17-5-6-17)39-13-22-24(35)25(36)28(14-29,41-22)23-12-11-21-26(30)31-15-32-34(21)23/h7-12,15-17,19,22,24-25,35-36H,2-6,13H2,1H3,(H,33,38)(H2,30,31,32)/t16-,22+,24+,25+,28-,43?/m0/s1. The number of aromatic nitrogens is 3. The largest absolute Gasteiger partial charge is 0.461 e. The Bertz CT molecular complexity index is 1590. The topological polar surface area (TPSA) is 204 Å². The van der Waals surface area contributed by atoms with Crippen molar-refractivity contribution in [3.05, 3.63) is 54.0 Å². The quantitative estimate of drug-likeness (QED) is 0.182. The zero-order chi connectivity index (χ0) is 30.4. The normalized spacial score (nSPS) is 27.6. The molecule has 0 bridgehead atoms. The van der Waals surface area contributed by atoms with E-state index in [9.17, 15) is 24.8 Å². The van der Waals surface area contributed by atoms with Crippen molar-refractivity contribution in [2.45, 2.75) is 81.0 Å². The molecule has 3 aromatic rings. The highest BCUT2D eigenvalue weighted by molar-refractivity contribution is 7.52. The van der Waals surface area contributed by atoms with Crippen LogP contribution in [-0.2, 0) is 29.0 Å². The summed E-state index contributed by atoms with van der Waals surface area (Å²) >= 11 is 0. The van der Waals surface area contributed by atoms with Crippen LogP contribution < -0.4 is 15.3 Å². The second-order valence-corrected chi connectivity index (χ2v) is 12.9. The van der Waals surface area contributed by atoms with Crippen molar-refractivity contribution in [1.29, 1.82) is 5.26 Å². The number of rotatable bonds is 11. The van der Waals surface area contributed by atoms with E-state index in [0.29, 0.717) is 11.4 Å². The molecule has 5 N–H and O–H groups in total. The maximum Gasteiger partial charge on any atom is 0.459 e. The minimum atomic E-state index is -4.31. The first-order valence-electron chi connectivity index (χ1n) is 14.2. The van der Waals surface area contributed by atoms with Gasteiger partial charge in [-0.1, -0.05) is 12.1 Å². The van der Waals surface area contributed by atoms with E-state index in [1.807, 2.05) is 18.2 Å². The van der Waals surface area contributed by atoms with Crippen LogP contribution in [0.25, 0.3) is 5.52 Å². The zero-order valence-corrected chi connectivity index (χ0v) is 24.3. The van der Waals surface area contributed by atoms with Gasteiger partial charge in [0.15, 0.2) is 5.82 Å². The van der Waals surface area contributed by atoms with E-state index in [-0.39, 0.29) is 23.4 Å². The van der Waals surface area contributed by atoms with Gasteiger partial charge in [0.2, 0.25) is 5.60 Å². The van der Waals surface area contributed by atoms with E-state index in [2.05, 4.69) is 15.2 Å². The van der Waals surface area contributed by atoms with Crippen LogP contribution in [0, 0.1) is 11.3 Å². The average molecular weight is 613 g/mol. The second kappa shape index (κ2) is 11.5. The van der Waals surface area contributed by atoms with Crippen LogP contribution in [0.4, 0.5) is 5.82 Å². The van der Waals surface area contributed by atoms with Crippen LogP contribution in [0.15, 0.2) is 42.7 Å². The van der Waals surface area contributed by atoms with Gasteiger partial charge in [-0.3, -0.25) is 9.32 Å². The number of nitriles is 1. The van der Waals surface area contributed by atoms with Gasteiger partial charge >= 0.3 is 13.7 Å². The van der Waals surface area contributed by atoms with Crippen molar-refractivity contribution in [3.63, 3.8) is 0 Å². The fourth-order valence-corrected chi connectivity index (χ4v) is 6.72. The van der Waals surface area contributed by atoms with E-state index in [0.717, 1.165) is 37.7 Å². The van der Waals surface area contributed by atoms with Gasteiger partial charge in [-0.2, -0.15) is 15.4 Å². The number of ether oxygens (including phenoxy) is 2. The number of esters is 1. The molecule has 6 rings (SSSR count). The number of hydrogen-bond acceptors (Lipinski definition) is 12. The number of anilines is 1. The molecule has 6 atom stereocenters. The number of nitrogens with zero attached hydrogens (tertiary/aromatic N) is 4. The number of nitrogen functional groups attached to an aromatic ring is 1. The van der Waals surface area contributed by atoms with Crippen LogP contribution in [-0.4, -0.2) is 67.8 Å². The van der Waals surface area contributed by atoms with E-state index in [1.165, 1.54) is 23.8 Å². The lowest BCUT2D eigenvalue weighted by Crippen LogP contribution is -2.41. The molecule has 15 heteroatoms. The zero-order valence-electron chi connectivity index (χ0n) is 23.4. The molecular weight excluding hydrogens is 579 g/mol. The molecule has 2 aromatic heterocycles. The van der Waals surface area contributed by atoms with E-state index in [4.69, 9.17) is 24.3 Å². The number of nitrogens with one attached hydrogen (secondary N) is 1. The summed E-state index contributed by atoms with van der Waals surface area (Å²) in [6.45, 7) is 0.907. The Morgan fingerprint density at radius 2 is 2.00 bits per heavy atom. The van der Waals surface area contributed by atoms with E-state index >= 15 is 0 Å². The molecule has 0 spiro atoms. The highest BCUT2D eigenvalue weighted by Crippen LogP contribution is 2.48.